The van der Waals surface area contributed by atoms with Gasteiger partial charge in [-0.25, -0.2) is 0 Å². The molecule has 0 amide bonds. The fourth-order valence-corrected chi connectivity index (χ4v) is 2.15. The highest BCUT2D eigenvalue weighted by molar-refractivity contribution is 5.02. The van der Waals surface area contributed by atoms with Gasteiger partial charge in [-0.3, -0.25) is 9.80 Å². The minimum Gasteiger partial charge on any atom is -0.467 e. The molecule has 0 spiro atoms. The third kappa shape index (κ3) is 3.54. The zero-order valence-corrected chi connectivity index (χ0v) is 9.96. The summed E-state index contributed by atoms with van der Waals surface area (Å²) in [4.78, 5) is 4.46. The highest BCUT2D eigenvalue weighted by Crippen LogP contribution is 2.15. The Labute approximate surface area is 101 Å². The molecule has 5 nitrogen and oxygen atoms in total. The van der Waals surface area contributed by atoms with E-state index in [1.54, 1.807) is 18.4 Å². The normalized spacial score (nSPS) is 20.6. The molecule has 1 unspecified atom stereocenters. The first-order valence-electron chi connectivity index (χ1n) is 6.06. The quantitative estimate of drug-likeness (QED) is 0.754. The lowest BCUT2D eigenvalue weighted by atomic mass is 10.2. The third-order valence-corrected chi connectivity index (χ3v) is 3.18. The topological polar surface area (TPSA) is 60.1 Å². The predicted molar refractivity (Wildman–Crippen MR) is 63.6 cm³/mol. The maximum absolute atomic E-state index is 9.94. The molecule has 1 fully saturated rings. The summed E-state index contributed by atoms with van der Waals surface area (Å²) in [6.07, 6.45) is 1.03. The van der Waals surface area contributed by atoms with Crippen LogP contribution in [0.2, 0.25) is 0 Å². The average Bonchev–Trinajstić information content (AvgIpc) is 2.86. The van der Waals surface area contributed by atoms with Gasteiger partial charge in [0.15, 0.2) is 0 Å². The standard InChI is InChI=1S/C12H20N2O3/c15-8-7-13-3-5-14(6-4-13)10-11(16)12-2-1-9-17-12/h1-2,9,11,15-16H,3-8,10H2. The van der Waals surface area contributed by atoms with Crippen molar-refractivity contribution in [2.75, 3.05) is 45.9 Å². The van der Waals surface area contributed by atoms with Crippen LogP contribution in [0.3, 0.4) is 0 Å². The largest absolute Gasteiger partial charge is 0.467 e. The van der Waals surface area contributed by atoms with Crippen LogP contribution in [0.1, 0.15) is 11.9 Å². The van der Waals surface area contributed by atoms with Crippen molar-refractivity contribution >= 4 is 0 Å². The molecule has 96 valence electrons. The van der Waals surface area contributed by atoms with Gasteiger partial charge in [-0.1, -0.05) is 0 Å². The van der Waals surface area contributed by atoms with Crippen LogP contribution in [0.15, 0.2) is 22.8 Å². The van der Waals surface area contributed by atoms with Gasteiger partial charge in [0.2, 0.25) is 0 Å². The van der Waals surface area contributed by atoms with Crippen LogP contribution in [0.4, 0.5) is 0 Å². The van der Waals surface area contributed by atoms with Crippen molar-refractivity contribution in [3.8, 4) is 0 Å². The Bertz CT molecular complexity index is 308. The molecular formula is C12H20N2O3. The maximum atomic E-state index is 9.94. The first-order chi connectivity index (χ1) is 8.29. The number of β-amino-alcohol motifs (C(OH)–C–C–N with tert-alkyl or cyclic N) is 2. The van der Waals surface area contributed by atoms with Gasteiger partial charge < -0.3 is 14.6 Å². The minimum atomic E-state index is -0.547. The molecule has 2 N–H and O–H groups in total. The monoisotopic (exact) mass is 240 g/mol. The van der Waals surface area contributed by atoms with Crippen molar-refractivity contribution in [2.24, 2.45) is 0 Å². The van der Waals surface area contributed by atoms with Crippen molar-refractivity contribution in [1.29, 1.82) is 0 Å². The Balaban J connectivity index is 1.74. The van der Waals surface area contributed by atoms with E-state index >= 15 is 0 Å². The fraction of sp³-hybridized carbons (Fsp3) is 0.667. The smallest absolute Gasteiger partial charge is 0.133 e. The van der Waals surface area contributed by atoms with Crippen LogP contribution >= 0.6 is 0 Å². The summed E-state index contributed by atoms with van der Waals surface area (Å²) in [5.74, 6) is 0.628. The third-order valence-electron chi connectivity index (χ3n) is 3.18. The highest BCUT2D eigenvalue weighted by Gasteiger charge is 2.20. The van der Waals surface area contributed by atoms with Gasteiger partial charge >= 0.3 is 0 Å². The maximum Gasteiger partial charge on any atom is 0.133 e. The first kappa shape index (κ1) is 12.6. The molecule has 1 aliphatic heterocycles. The van der Waals surface area contributed by atoms with E-state index in [0.717, 1.165) is 32.7 Å². The number of nitrogens with zero attached hydrogens (tertiary/aromatic N) is 2. The zero-order valence-electron chi connectivity index (χ0n) is 9.96. The van der Waals surface area contributed by atoms with Crippen molar-refractivity contribution in [3.63, 3.8) is 0 Å². The predicted octanol–water partition coefficient (Wildman–Crippen LogP) is -0.0771. The van der Waals surface area contributed by atoms with Gasteiger partial charge in [0, 0.05) is 39.3 Å². The van der Waals surface area contributed by atoms with E-state index in [-0.39, 0.29) is 6.61 Å². The lowest BCUT2D eigenvalue weighted by Gasteiger charge is -2.34. The Morgan fingerprint density at radius 2 is 1.94 bits per heavy atom. The van der Waals surface area contributed by atoms with Crippen LogP contribution in [-0.4, -0.2) is 65.9 Å². The second-order valence-corrected chi connectivity index (χ2v) is 4.40. The second kappa shape index (κ2) is 6.16. The van der Waals surface area contributed by atoms with Gasteiger partial charge in [-0.05, 0) is 12.1 Å². The van der Waals surface area contributed by atoms with E-state index in [2.05, 4.69) is 9.80 Å². The number of aliphatic hydroxyl groups is 2. The number of rotatable bonds is 5. The van der Waals surface area contributed by atoms with Crippen LogP contribution in [-0.2, 0) is 0 Å². The van der Waals surface area contributed by atoms with Crippen molar-refractivity contribution in [2.45, 2.75) is 6.10 Å². The Morgan fingerprint density at radius 1 is 1.24 bits per heavy atom. The summed E-state index contributed by atoms with van der Waals surface area (Å²) in [5.41, 5.74) is 0. The van der Waals surface area contributed by atoms with Gasteiger partial charge in [-0.2, -0.15) is 0 Å². The zero-order chi connectivity index (χ0) is 12.1. The summed E-state index contributed by atoms with van der Waals surface area (Å²) in [6, 6.07) is 3.59. The van der Waals surface area contributed by atoms with Gasteiger partial charge in [-0.15, -0.1) is 0 Å². The Kier molecular flexibility index (Phi) is 4.56. The Morgan fingerprint density at radius 3 is 2.53 bits per heavy atom. The fourth-order valence-electron chi connectivity index (χ4n) is 2.15. The van der Waals surface area contributed by atoms with E-state index in [4.69, 9.17) is 9.52 Å². The first-order valence-corrected chi connectivity index (χ1v) is 6.06. The average molecular weight is 240 g/mol. The lowest BCUT2D eigenvalue weighted by molar-refractivity contribution is 0.0568. The van der Waals surface area contributed by atoms with E-state index in [0.29, 0.717) is 12.3 Å². The molecule has 2 rings (SSSR count). The molecule has 17 heavy (non-hydrogen) atoms. The summed E-state index contributed by atoms with van der Waals surface area (Å²) >= 11 is 0. The molecule has 2 heterocycles. The van der Waals surface area contributed by atoms with Crippen LogP contribution in [0.25, 0.3) is 0 Å². The SMILES string of the molecule is OCCN1CCN(CC(O)c2ccco2)CC1. The van der Waals surface area contributed by atoms with Crippen LogP contribution in [0, 0.1) is 0 Å². The minimum absolute atomic E-state index is 0.217. The highest BCUT2D eigenvalue weighted by atomic mass is 16.4. The van der Waals surface area contributed by atoms with Crippen LogP contribution < -0.4 is 0 Å². The number of aliphatic hydroxyl groups excluding tert-OH is 2. The molecule has 0 saturated carbocycles. The summed E-state index contributed by atoms with van der Waals surface area (Å²) < 4.78 is 5.18. The van der Waals surface area contributed by atoms with Gasteiger partial charge in [0.25, 0.3) is 0 Å². The summed E-state index contributed by atoms with van der Waals surface area (Å²) in [5, 5.41) is 18.8. The van der Waals surface area contributed by atoms with E-state index in [9.17, 15) is 5.11 Å². The number of hydrogen-bond donors (Lipinski definition) is 2. The van der Waals surface area contributed by atoms with Gasteiger partial charge in [0.05, 0.1) is 12.9 Å². The number of furan rings is 1. The molecule has 1 aliphatic rings. The Hall–Kier alpha value is -0.880. The van der Waals surface area contributed by atoms with E-state index in [1.165, 1.54) is 0 Å². The molecule has 0 radical (unpaired) electrons. The molecule has 1 saturated heterocycles. The molecule has 0 aliphatic carbocycles. The summed E-state index contributed by atoms with van der Waals surface area (Å²) in [6.45, 7) is 5.33. The van der Waals surface area contributed by atoms with Crippen molar-refractivity contribution in [3.05, 3.63) is 24.2 Å². The van der Waals surface area contributed by atoms with Crippen LogP contribution in [0.5, 0.6) is 0 Å². The molecule has 1 atom stereocenters. The number of hydrogen-bond acceptors (Lipinski definition) is 5. The second-order valence-electron chi connectivity index (χ2n) is 4.40. The molecular weight excluding hydrogens is 220 g/mol. The molecule has 0 aromatic carbocycles. The van der Waals surface area contributed by atoms with Crippen molar-refractivity contribution in [1.82, 2.24) is 9.80 Å². The molecule has 1 aromatic heterocycles. The lowest BCUT2D eigenvalue weighted by Crippen LogP contribution is -2.48. The molecule has 0 bridgehead atoms. The van der Waals surface area contributed by atoms with E-state index in [1.807, 2.05) is 0 Å². The van der Waals surface area contributed by atoms with Crippen molar-refractivity contribution < 1.29 is 14.6 Å². The van der Waals surface area contributed by atoms with E-state index < -0.39 is 6.10 Å². The summed E-state index contributed by atoms with van der Waals surface area (Å²) in [7, 11) is 0. The number of piperazine rings is 1. The van der Waals surface area contributed by atoms with Gasteiger partial charge in [0.1, 0.15) is 11.9 Å². The molecule has 1 aromatic rings. The molecule has 5 heteroatoms.